The molecule has 1 fully saturated rings. The Morgan fingerprint density at radius 1 is 1.09 bits per heavy atom. The Hall–Kier alpha value is -3.67. The normalized spacial score (nSPS) is 14.3. The summed E-state index contributed by atoms with van der Waals surface area (Å²) >= 11 is 0. The van der Waals surface area contributed by atoms with Crippen molar-refractivity contribution in [1.29, 1.82) is 0 Å². The van der Waals surface area contributed by atoms with E-state index in [0.717, 1.165) is 35.4 Å². The molecule has 1 aromatic heterocycles. The molecule has 0 spiro atoms. The lowest BCUT2D eigenvalue weighted by molar-refractivity contribution is -0.128. The van der Waals surface area contributed by atoms with E-state index in [1.165, 1.54) is 0 Å². The third-order valence-corrected chi connectivity index (χ3v) is 5.62. The lowest BCUT2D eigenvalue weighted by Crippen LogP contribution is -2.27. The summed E-state index contributed by atoms with van der Waals surface area (Å²) in [7, 11) is 0. The van der Waals surface area contributed by atoms with Crippen LogP contribution < -0.4 is 10.1 Å². The molecular formula is C26H27N3O3. The minimum absolute atomic E-state index is 0.127. The molecule has 2 aromatic carbocycles. The summed E-state index contributed by atoms with van der Waals surface area (Å²) in [5.41, 5.74) is 3.64. The first-order chi connectivity index (χ1) is 15.6. The van der Waals surface area contributed by atoms with Gasteiger partial charge in [0.2, 0.25) is 5.91 Å². The van der Waals surface area contributed by atoms with Crippen LogP contribution in [0.5, 0.6) is 5.75 Å². The van der Waals surface area contributed by atoms with E-state index in [1.807, 2.05) is 72.5 Å². The van der Waals surface area contributed by atoms with E-state index in [1.54, 1.807) is 12.4 Å². The first-order valence-electron chi connectivity index (χ1n) is 10.9. The van der Waals surface area contributed by atoms with Gasteiger partial charge in [0.15, 0.2) is 0 Å². The van der Waals surface area contributed by atoms with Gasteiger partial charge in [0, 0.05) is 43.0 Å². The fraction of sp³-hybridized carbons (Fsp3) is 0.269. The molecule has 0 saturated carbocycles. The van der Waals surface area contributed by atoms with Crippen molar-refractivity contribution < 1.29 is 14.3 Å². The van der Waals surface area contributed by atoms with Gasteiger partial charge in [-0.15, -0.1) is 0 Å². The van der Waals surface area contributed by atoms with Gasteiger partial charge in [-0.1, -0.05) is 30.3 Å². The molecule has 164 valence electrons. The van der Waals surface area contributed by atoms with Gasteiger partial charge in [-0.25, -0.2) is 0 Å². The van der Waals surface area contributed by atoms with Gasteiger partial charge in [0.1, 0.15) is 12.4 Å². The number of hydrogen-bond acceptors (Lipinski definition) is 4. The highest BCUT2D eigenvalue weighted by Gasteiger charge is 2.20. The molecule has 1 unspecified atom stereocenters. The van der Waals surface area contributed by atoms with Crippen LogP contribution in [0.2, 0.25) is 0 Å². The first-order valence-corrected chi connectivity index (χ1v) is 10.9. The van der Waals surface area contributed by atoms with E-state index in [-0.39, 0.29) is 17.9 Å². The van der Waals surface area contributed by atoms with Gasteiger partial charge in [-0.3, -0.25) is 14.6 Å². The van der Waals surface area contributed by atoms with Crippen molar-refractivity contribution in [2.45, 2.75) is 39.0 Å². The number of carbonyl (C=O) groups is 2. The third-order valence-electron chi connectivity index (χ3n) is 5.62. The minimum Gasteiger partial charge on any atom is -0.489 e. The van der Waals surface area contributed by atoms with Gasteiger partial charge in [0.05, 0.1) is 6.04 Å². The van der Waals surface area contributed by atoms with Crippen LogP contribution in [0.15, 0.2) is 73.1 Å². The molecule has 2 amide bonds. The summed E-state index contributed by atoms with van der Waals surface area (Å²) in [4.78, 5) is 30.4. The van der Waals surface area contributed by atoms with Crippen LogP contribution in [0.3, 0.4) is 0 Å². The van der Waals surface area contributed by atoms with Crippen molar-refractivity contribution >= 4 is 11.8 Å². The number of nitrogens with one attached hydrogen (secondary N) is 1. The average molecular weight is 430 g/mol. The minimum atomic E-state index is -0.142. The summed E-state index contributed by atoms with van der Waals surface area (Å²) in [6.07, 6.45) is 5.08. The predicted molar refractivity (Wildman–Crippen MR) is 122 cm³/mol. The molecule has 1 aliphatic heterocycles. The Balaban J connectivity index is 1.29. The number of carbonyl (C=O) groups excluding carboxylic acids is 2. The number of rotatable bonds is 8. The zero-order valence-electron chi connectivity index (χ0n) is 18.2. The number of pyridine rings is 1. The van der Waals surface area contributed by atoms with Crippen molar-refractivity contribution in [3.8, 4) is 5.75 Å². The quantitative estimate of drug-likeness (QED) is 0.580. The topological polar surface area (TPSA) is 71.5 Å². The number of nitrogens with zero attached hydrogens (tertiary/aromatic N) is 2. The largest absolute Gasteiger partial charge is 0.489 e. The van der Waals surface area contributed by atoms with E-state index >= 15 is 0 Å². The standard InChI is InChI=1S/C26H27N3O3/c1-19(22-10-12-24(13-11-22)32-18-21-4-2-14-27-16-21)28-26(31)23-8-6-20(7-9-23)17-29-15-3-5-25(29)30/h2,4,6-14,16,19H,3,5,15,17-18H2,1H3,(H,28,31). The summed E-state index contributed by atoms with van der Waals surface area (Å²) in [6, 6.07) is 18.9. The van der Waals surface area contributed by atoms with E-state index in [9.17, 15) is 9.59 Å². The molecule has 6 nitrogen and oxygen atoms in total. The summed E-state index contributed by atoms with van der Waals surface area (Å²) in [5.74, 6) is 0.843. The third kappa shape index (κ3) is 5.52. The van der Waals surface area contributed by atoms with Crippen LogP contribution >= 0.6 is 0 Å². The number of aromatic nitrogens is 1. The molecule has 1 N–H and O–H groups in total. The Morgan fingerprint density at radius 2 is 1.88 bits per heavy atom. The van der Waals surface area contributed by atoms with E-state index in [4.69, 9.17) is 4.74 Å². The summed E-state index contributed by atoms with van der Waals surface area (Å²) in [5, 5.41) is 3.04. The first kappa shape index (κ1) is 21.6. The highest BCUT2D eigenvalue weighted by Crippen LogP contribution is 2.20. The van der Waals surface area contributed by atoms with Crippen LogP contribution in [0.25, 0.3) is 0 Å². The fourth-order valence-electron chi connectivity index (χ4n) is 3.72. The highest BCUT2D eigenvalue weighted by atomic mass is 16.5. The molecule has 4 rings (SSSR count). The molecule has 1 saturated heterocycles. The second-order valence-corrected chi connectivity index (χ2v) is 8.03. The Bertz CT molecular complexity index is 1050. The summed E-state index contributed by atoms with van der Waals surface area (Å²) in [6.45, 7) is 3.83. The van der Waals surface area contributed by atoms with Crippen LogP contribution in [0.4, 0.5) is 0 Å². The van der Waals surface area contributed by atoms with Crippen molar-refractivity contribution in [2.24, 2.45) is 0 Å². The Labute approximate surface area is 188 Å². The van der Waals surface area contributed by atoms with E-state index in [2.05, 4.69) is 10.3 Å². The summed E-state index contributed by atoms with van der Waals surface area (Å²) < 4.78 is 5.79. The second-order valence-electron chi connectivity index (χ2n) is 8.03. The van der Waals surface area contributed by atoms with Crippen LogP contribution in [-0.4, -0.2) is 28.2 Å². The van der Waals surface area contributed by atoms with Crippen LogP contribution in [0.1, 0.15) is 52.9 Å². The van der Waals surface area contributed by atoms with Gasteiger partial charge in [0.25, 0.3) is 5.91 Å². The molecule has 2 heterocycles. The Kier molecular flexibility index (Phi) is 6.80. The van der Waals surface area contributed by atoms with Gasteiger partial charge in [-0.05, 0) is 54.8 Å². The van der Waals surface area contributed by atoms with Crippen LogP contribution in [0, 0.1) is 0 Å². The molecule has 0 radical (unpaired) electrons. The average Bonchev–Trinajstić information content (AvgIpc) is 3.23. The van der Waals surface area contributed by atoms with Gasteiger partial charge >= 0.3 is 0 Å². The van der Waals surface area contributed by atoms with Gasteiger partial charge in [-0.2, -0.15) is 0 Å². The number of amides is 2. The second kappa shape index (κ2) is 10.1. The molecule has 3 aromatic rings. The van der Waals surface area contributed by atoms with Crippen molar-refractivity contribution in [3.05, 3.63) is 95.3 Å². The van der Waals surface area contributed by atoms with Crippen molar-refractivity contribution in [1.82, 2.24) is 15.2 Å². The Morgan fingerprint density at radius 3 is 2.53 bits per heavy atom. The number of hydrogen-bond donors (Lipinski definition) is 1. The maximum absolute atomic E-state index is 12.7. The fourth-order valence-corrected chi connectivity index (χ4v) is 3.72. The smallest absolute Gasteiger partial charge is 0.251 e. The SMILES string of the molecule is CC(NC(=O)c1ccc(CN2CCCC2=O)cc1)c1ccc(OCc2cccnc2)cc1. The molecule has 1 atom stereocenters. The molecule has 32 heavy (non-hydrogen) atoms. The van der Waals surface area contributed by atoms with Crippen molar-refractivity contribution in [2.75, 3.05) is 6.54 Å². The van der Waals surface area contributed by atoms with E-state index < -0.39 is 0 Å². The lowest BCUT2D eigenvalue weighted by atomic mass is 10.1. The monoisotopic (exact) mass is 429 g/mol. The zero-order valence-corrected chi connectivity index (χ0v) is 18.2. The maximum atomic E-state index is 12.7. The molecular weight excluding hydrogens is 402 g/mol. The van der Waals surface area contributed by atoms with Crippen LogP contribution in [-0.2, 0) is 17.9 Å². The predicted octanol–water partition coefficient (Wildman–Crippen LogP) is 4.27. The number of benzene rings is 2. The van der Waals surface area contributed by atoms with Crippen molar-refractivity contribution in [3.63, 3.8) is 0 Å². The van der Waals surface area contributed by atoms with E-state index in [0.29, 0.717) is 25.1 Å². The lowest BCUT2D eigenvalue weighted by Gasteiger charge is -2.17. The molecule has 6 heteroatoms. The van der Waals surface area contributed by atoms with Gasteiger partial charge < -0.3 is 15.0 Å². The number of likely N-dealkylation sites (tertiary alicyclic amines) is 1. The number of ether oxygens (including phenoxy) is 1. The molecule has 0 bridgehead atoms. The zero-order chi connectivity index (χ0) is 22.3. The maximum Gasteiger partial charge on any atom is 0.251 e. The highest BCUT2D eigenvalue weighted by molar-refractivity contribution is 5.94. The molecule has 1 aliphatic rings. The molecule has 0 aliphatic carbocycles.